The first kappa shape index (κ1) is 15.9. The molecule has 2 aromatic heterocycles. The Morgan fingerprint density at radius 2 is 2.24 bits per heavy atom. The average molecular weight is 369 g/mol. The average Bonchev–Trinajstić information content (AvgIpc) is 3.28. The first-order valence-electron chi connectivity index (χ1n) is 7.73. The maximum Gasteiger partial charge on any atom is 0.265 e. The molecule has 124 valence electrons. The topological polar surface area (TPSA) is 61.9 Å². The maximum absolute atomic E-state index is 12.7. The lowest BCUT2D eigenvalue weighted by molar-refractivity contribution is 0.0739. The van der Waals surface area contributed by atoms with E-state index in [-0.39, 0.29) is 5.91 Å². The summed E-state index contributed by atoms with van der Waals surface area (Å²) in [5.74, 6) is 6.00. The third kappa shape index (κ3) is 3.43. The number of carbonyl (C=O) groups is 1. The maximum atomic E-state index is 12.7. The van der Waals surface area contributed by atoms with Gasteiger partial charge < -0.3 is 4.90 Å². The molecule has 0 fully saturated rings. The molecule has 1 aliphatic heterocycles. The third-order valence-electron chi connectivity index (χ3n) is 3.94. The molecule has 5 nitrogen and oxygen atoms in total. The van der Waals surface area contributed by atoms with Gasteiger partial charge in [-0.1, -0.05) is 23.6 Å². The van der Waals surface area contributed by atoms with Crippen molar-refractivity contribution in [3.05, 3.63) is 68.4 Å². The van der Waals surface area contributed by atoms with Crippen LogP contribution in [0, 0.1) is 11.8 Å². The minimum absolute atomic E-state index is 0.0137. The normalized spacial score (nSPS) is 13.1. The number of hydrogen-bond donors (Lipinski definition) is 1. The zero-order valence-corrected chi connectivity index (χ0v) is 14.7. The molecule has 1 N–H and O–H groups in total. The molecule has 0 saturated heterocycles. The van der Waals surface area contributed by atoms with Crippen LogP contribution in [0.25, 0.3) is 0 Å². The third-order valence-corrected chi connectivity index (χ3v) is 5.08. The monoisotopic (exact) mass is 368 g/mol. The number of benzene rings is 1. The summed E-state index contributed by atoms with van der Waals surface area (Å²) in [5.41, 5.74) is 3.01. The number of thiazole rings is 1. The van der Waals surface area contributed by atoms with Crippen LogP contribution in [-0.4, -0.2) is 32.5 Å². The van der Waals surface area contributed by atoms with Gasteiger partial charge in [0.05, 0.1) is 12.4 Å². The standard InChI is InChI=1S/C18H13ClN4OS/c19-14-3-1-2-12(8-14)4-5-17-20-10-16(25-17)18(24)23-7-6-15-13(11-23)9-21-22-15/h1-3,8-10H,6-7,11H2,(H,21,22). The number of fused-ring (bicyclic) bond motifs is 1. The first-order valence-corrected chi connectivity index (χ1v) is 8.92. The van der Waals surface area contributed by atoms with Crippen LogP contribution in [0.4, 0.5) is 0 Å². The summed E-state index contributed by atoms with van der Waals surface area (Å²) in [6.07, 6.45) is 4.17. The number of hydrogen-bond acceptors (Lipinski definition) is 4. The number of rotatable bonds is 1. The lowest BCUT2D eigenvalue weighted by Gasteiger charge is -2.25. The highest BCUT2D eigenvalue weighted by Crippen LogP contribution is 2.21. The predicted molar refractivity (Wildman–Crippen MR) is 96.6 cm³/mol. The molecule has 0 atom stereocenters. The van der Waals surface area contributed by atoms with Crippen molar-refractivity contribution in [2.75, 3.05) is 6.54 Å². The van der Waals surface area contributed by atoms with Crippen molar-refractivity contribution in [1.82, 2.24) is 20.1 Å². The van der Waals surface area contributed by atoms with Crippen molar-refractivity contribution in [1.29, 1.82) is 0 Å². The second kappa shape index (κ2) is 6.71. The highest BCUT2D eigenvalue weighted by molar-refractivity contribution is 7.14. The lowest BCUT2D eigenvalue weighted by atomic mass is 10.1. The Hall–Kier alpha value is -2.62. The van der Waals surface area contributed by atoms with Crippen molar-refractivity contribution in [2.45, 2.75) is 13.0 Å². The molecule has 0 unspecified atom stereocenters. The summed E-state index contributed by atoms with van der Waals surface area (Å²) >= 11 is 7.26. The summed E-state index contributed by atoms with van der Waals surface area (Å²) in [6, 6.07) is 7.33. The molecule has 0 aliphatic carbocycles. The summed E-state index contributed by atoms with van der Waals surface area (Å²) in [4.78, 5) is 19.3. The largest absolute Gasteiger partial charge is 0.333 e. The molecule has 1 amide bonds. The Labute approximate surface area is 153 Å². The molecule has 1 aliphatic rings. The van der Waals surface area contributed by atoms with Crippen LogP contribution in [0.2, 0.25) is 5.02 Å². The van der Waals surface area contributed by atoms with Gasteiger partial charge in [-0.15, -0.1) is 11.3 Å². The van der Waals surface area contributed by atoms with Gasteiger partial charge >= 0.3 is 0 Å². The van der Waals surface area contributed by atoms with Gasteiger partial charge in [-0.3, -0.25) is 9.89 Å². The zero-order valence-electron chi connectivity index (χ0n) is 13.1. The summed E-state index contributed by atoms with van der Waals surface area (Å²) in [5, 5.41) is 8.26. The molecular weight excluding hydrogens is 356 g/mol. The number of halogens is 1. The molecule has 3 aromatic rings. The molecule has 0 bridgehead atoms. The fourth-order valence-electron chi connectivity index (χ4n) is 2.67. The Kier molecular flexibility index (Phi) is 4.26. The van der Waals surface area contributed by atoms with Crippen molar-refractivity contribution in [3.63, 3.8) is 0 Å². The fourth-order valence-corrected chi connectivity index (χ4v) is 3.60. The number of aromatic nitrogens is 3. The Morgan fingerprint density at radius 1 is 1.32 bits per heavy atom. The van der Waals surface area contributed by atoms with Gasteiger partial charge in [-0.25, -0.2) is 4.98 Å². The van der Waals surface area contributed by atoms with E-state index < -0.39 is 0 Å². The summed E-state index contributed by atoms with van der Waals surface area (Å²) in [7, 11) is 0. The van der Waals surface area contributed by atoms with E-state index in [1.54, 1.807) is 24.5 Å². The van der Waals surface area contributed by atoms with Gasteiger partial charge in [0.15, 0.2) is 5.01 Å². The minimum Gasteiger partial charge on any atom is -0.333 e. The van der Waals surface area contributed by atoms with E-state index in [0.717, 1.165) is 23.2 Å². The minimum atomic E-state index is -0.0137. The zero-order chi connectivity index (χ0) is 17.2. The van der Waals surface area contributed by atoms with Gasteiger partial charge in [-0.2, -0.15) is 5.10 Å². The van der Waals surface area contributed by atoms with E-state index in [2.05, 4.69) is 27.0 Å². The van der Waals surface area contributed by atoms with Crippen LogP contribution in [0.3, 0.4) is 0 Å². The van der Waals surface area contributed by atoms with Crippen molar-refractivity contribution >= 4 is 28.8 Å². The molecule has 7 heteroatoms. The number of amides is 1. The molecule has 0 radical (unpaired) electrons. The Bertz CT molecular complexity index is 998. The van der Waals surface area contributed by atoms with E-state index in [1.165, 1.54) is 11.3 Å². The molecule has 0 spiro atoms. The van der Waals surface area contributed by atoms with Crippen LogP contribution in [0.15, 0.2) is 36.7 Å². The molecular formula is C18H13ClN4OS. The number of nitrogens with one attached hydrogen (secondary N) is 1. The molecule has 3 heterocycles. The van der Waals surface area contributed by atoms with E-state index in [9.17, 15) is 4.79 Å². The quantitative estimate of drug-likeness (QED) is 0.671. The van der Waals surface area contributed by atoms with Gasteiger partial charge in [0.2, 0.25) is 0 Å². The highest BCUT2D eigenvalue weighted by Gasteiger charge is 2.24. The van der Waals surface area contributed by atoms with E-state index in [4.69, 9.17) is 11.6 Å². The highest BCUT2D eigenvalue weighted by atomic mass is 35.5. The second-order valence-electron chi connectivity index (χ2n) is 5.64. The van der Waals surface area contributed by atoms with E-state index in [0.29, 0.717) is 28.0 Å². The first-order chi connectivity index (χ1) is 12.2. The van der Waals surface area contributed by atoms with Gasteiger partial charge in [-0.05, 0) is 24.1 Å². The van der Waals surface area contributed by atoms with E-state index >= 15 is 0 Å². The molecule has 1 aromatic carbocycles. The summed E-state index contributed by atoms with van der Waals surface area (Å²) in [6.45, 7) is 1.25. The molecule has 0 saturated carbocycles. The van der Waals surface area contributed by atoms with Gasteiger partial charge in [0, 0.05) is 41.4 Å². The van der Waals surface area contributed by atoms with Crippen LogP contribution >= 0.6 is 22.9 Å². The van der Waals surface area contributed by atoms with Crippen LogP contribution < -0.4 is 0 Å². The number of nitrogens with zero attached hydrogens (tertiary/aromatic N) is 3. The predicted octanol–water partition coefficient (Wildman–Crippen LogP) is 3.12. The number of carbonyl (C=O) groups excluding carboxylic acids is 1. The van der Waals surface area contributed by atoms with E-state index in [1.807, 2.05) is 17.0 Å². The molecule has 4 rings (SSSR count). The van der Waals surface area contributed by atoms with Crippen molar-refractivity contribution in [2.24, 2.45) is 0 Å². The van der Waals surface area contributed by atoms with Gasteiger partial charge in [0.1, 0.15) is 4.88 Å². The Morgan fingerprint density at radius 3 is 3.12 bits per heavy atom. The van der Waals surface area contributed by atoms with Gasteiger partial charge in [0.25, 0.3) is 5.91 Å². The van der Waals surface area contributed by atoms with Crippen LogP contribution in [-0.2, 0) is 13.0 Å². The van der Waals surface area contributed by atoms with Crippen LogP contribution in [0.5, 0.6) is 0 Å². The second-order valence-corrected chi connectivity index (χ2v) is 7.11. The SMILES string of the molecule is O=C(c1cnc(C#Cc2cccc(Cl)c2)s1)N1CCc2[nH]ncc2C1. The smallest absolute Gasteiger partial charge is 0.265 e. The molecule has 25 heavy (non-hydrogen) atoms. The van der Waals surface area contributed by atoms with Crippen molar-refractivity contribution < 1.29 is 4.79 Å². The van der Waals surface area contributed by atoms with Crippen molar-refractivity contribution in [3.8, 4) is 11.8 Å². The summed E-state index contributed by atoms with van der Waals surface area (Å²) < 4.78 is 0. The van der Waals surface area contributed by atoms with Crippen LogP contribution in [0.1, 0.15) is 31.5 Å². The lowest BCUT2D eigenvalue weighted by Crippen LogP contribution is -2.35. The fraction of sp³-hybridized carbons (Fsp3) is 0.167. The Balaban J connectivity index is 1.49. The number of aromatic amines is 1. The number of H-pyrrole nitrogens is 1.